The molecule has 3 rings (SSSR count). The van der Waals surface area contributed by atoms with Gasteiger partial charge in [0.15, 0.2) is 5.78 Å². The van der Waals surface area contributed by atoms with Crippen molar-refractivity contribution in [3.8, 4) is 0 Å². The Balaban J connectivity index is 1.72. The normalized spacial score (nSPS) is 16.1. The Labute approximate surface area is 167 Å². The number of sulfonamides is 1. The third-order valence-corrected chi connectivity index (χ3v) is 6.98. The van der Waals surface area contributed by atoms with Gasteiger partial charge in [-0.05, 0) is 12.1 Å². The molecule has 0 aliphatic carbocycles. The summed E-state index contributed by atoms with van der Waals surface area (Å²) in [5.41, 5.74) is 4.25. The molecule has 1 aliphatic heterocycles. The molecule has 0 radical (unpaired) electrons. The van der Waals surface area contributed by atoms with Crippen molar-refractivity contribution in [2.24, 2.45) is 14.1 Å². The van der Waals surface area contributed by atoms with Gasteiger partial charge in [-0.25, -0.2) is 13.2 Å². The molecule has 10 nitrogen and oxygen atoms in total. The highest BCUT2D eigenvalue weighted by Gasteiger charge is 2.30. The number of piperazine rings is 1. The number of nitrogens with two attached hydrogens (primary N) is 1. The van der Waals surface area contributed by atoms with Gasteiger partial charge in [0.25, 0.3) is 5.56 Å². The molecule has 0 unspecified atom stereocenters. The van der Waals surface area contributed by atoms with E-state index in [2.05, 4.69) is 0 Å². The Morgan fingerprint density at radius 3 is 2.17 bits per heavy atom. The zero-order valence-corrected chi connectivity index (χ0v) is 17.1. The van der Waals surface area contributed by atoms with E-state index in [1.807, 2.05) is 0 Å². The predicted molar refractivity (Wildman–Crippen MR) is 107 cm³/mol. The van der Waals surface area contributed by atoms with Gasteiger partial charge in [-0.1, -0.05) is 18.2 Å². The summed E-state index contributed by atoms with van der Waals surface area (Å²) in [5, 5.41) is 0. The van der Waals surface area contributed by atoms with E-state index < -0.39 is 27.1 Å². The lowest BCUT2D eigenvalue weighted by Crippen LogP contribution is -2.50. The molecule has 1 aromatic carbocycles. The van der Waals surface area contributed by atoms with E-state index in [-0.39, 0.29) is 35.9 Å². The Morgan fingerprint density at radius 2 is 1.59 bits per heavy atom. The van der Waals surface area contributed by atoms with Gasteiger partial charge in [-0.3, -0.25) is 23.6 Å². The van der Waals surface area contributed by atoms with Crippen LogP contribution in [0.25, 0.3) is 0 Å². The van der Waals surface area contributed by atoms with E-state index in [1.54, 1.807) is 35.2 Å². The molecule has 1 aliphatic rings. The highest BCUT2D eigenvalue weighted by Crippen LogP contribution is 2.17. The van der Waals surface area contributed by atoms with Crippen molar-refractivity contribution < 1.29 is 13.2 Å². The molecule has 0 bridgehead atoms. The highest BCUT2D eigenvalue weighted by molar-refractivity contribution is 7.89. The zero-order valence-electron chi connectivity index (χ0n) is 16.2. The molecule has 1 aromatic heterocycles. The Morgan fingerprint density at radius 1 is 1.00 bits per heavy atom. The van der Waals surface area contributed by atoms with Gasteiger partial charge in [0.1, 0.15) is 11.4 Å². The molecule has 0 spiro atoms. The predicted octanol–water partition coefficient (Wildman–Crippen LogP) is -1.14. The molecule has 0 amide bonds. The smallest absolute Gasteiger partial charge is 0.332 e. The van der Waals surface area contributed by atoms with Crippen molar-refractivity contribution in [3.05, 3.63) is 56.7 Å². The summed E-state index contributed by atoms with van der Waals surface area (Å²) in [6, 6.07) is 8.17. The second-order valence-electron chi connectivity index (χ2n) is 6.88. The first-order chi connectivity index (χ1) is 13.6. The van der Waals surface area contributed by atoms with Crippen LogP contribution in [0.5, 0.6) is 0 Å². The van der Waals surface area contributed by atoms with Crippen molar-refractivity contribution in [2.75, 3.05) is 38.5 Å². The Kier molecular flexibility index (Phi) is 5.73. The van der Waals surface area contributed by atoms with Crippen LogP contribution in [0.15, 0.2) is 44.8 Å². The third-order valence-electron chi connectivity index (χ3n) is 5.07. The van der Waals surface area contributed by atoms with Crippen LogP contribution < -0.4 is 17.0 Å². The molecule has 156 valence electrons. The average Bonchev–Trinajstić information content (AvgIpc) is 2.72. The number of carbonyl (C=O) groups is 1. The maximum Gasteiger partial charge on any atom is 0.332 e. The number of hydrogen-bond donors (Lipinski definition) is 1. The first-order valence-electron chi connectivity index (χ1n) is 9.01. The van der Waals surface area contributed by atoms with E-state index in [0.717, 1.165) is 9.13 Å². The Bertz CT molecular complexity index is 1150. The van der Waals surface area contributed by atoms with Gasteiger partial charge >= 0.3 is 5.69 Å². The van der Waals surface area contributed by atoms with Crippen molar-refractivity contribution >= 4 is 21.6 Å². The summed E-state index contributed by atoms with van der Waals surface area (Å²) in [6.45, 7) is 1.04. The van der Waals surface area contributed by atoms with Crippen molar-refractivity contribution in [3.63, 3.8) is 0 Å². The summed E-state index contributed by atoms with van der Waals surface area (Å²) in [7, 11) is -0.909. The summed E-state index contributed by atoms with van der Waals surface area (Å²) in [6.07, 6.45) is 0. The SMILES string of the molecule is Cn1c(N)c(C(=O)CN2CCN(S(=O)(=O)c3ccccc3)CC2)c(=O)n(C)c1=O. The lowest BCUT2D eigenvalue weighted by Gasteiger charge is -2.33. The van der Waals surface area contributed by atoms with Gasteiger partial charge in [0.05, 0.1) is 11.4 Å². The number of hydrogen-bond acceptors (Lipinski definition) is 7. The fourth-order valence-electron chi connectivity index (χ4n) is 3.27. The number of ketones is 1. The second kappa shape index (κ2) is 7.93. The minimum atomic E-state index is -3.59. The summed E-state index contributed by atoms with van der Waals surface area (Å²) in [5.74, 6) is -0.675. The number of anilines is 1. The quantitative estimate of drug-likeness (QED) is 0.604. The molecule has 2 heterocycles. The standard InChI is InChI=1S/C18H23N5O5S/c1-20-16(19)15(17(25)21(2)18(20)26)14(24)12-22-8-10-23(11-9-22)29(27,28)13-6-4-3-5-7-13/h3-7H,8-12,19H2,1-2H3. The maximum absolute atomic E-state index is 12.7. The first-order valence-corrected chi connectivity index (χ1v) is 10.4. The molecule has 1 saturated heterocycles. The highest BCUT2D eigenvalue weighted by atomic mass is 32.2. The number of nitrogen functional groups attached to an aromatic ring is 1. The van der Waals surface area contributed by atoms with Crippen LogP contribution in [0.3, 0.4) is 0 Å². The maximum atomic E-state index is 12.7. The van der Waals surface area contributed by atoms with Crippen LogP contribution in [0.2, 0.25) is 0 Å². The molecule has 0 atom stereocenters. The number of benzene rings is 1. The van der Waals surface area contributed by atoms with Crippen LogP contribution in [-0.2, 0) is 24.1 Å². The molecule has 1 fully saturated rings. The lowest BCUT2D eigenvalue weighted by atomic mass is 10.1. The van der Waals surface area contributed by atoms with Crippen molar-refractivity contribution in [2.45, 2.75) is 4.90 Å². The Hall–Kier alpha value is -2.76. The van der Waals surface area contributed by atoms with E-state index in [9.17, 15) is 22.8 Å². The van der Waals surface area contributed by atoms with E-state index in [4.69, 9.17) is 5.73 Å². The van der Waals surface area contributed by atoms with Crippen LogP contribution in [-0.4, -0.2) is 65.3 Å². The number of aromatic nitrogens is 2. The second-order valence-corrected chi connectivity index (χ2v) is 8.82. The average molecular weight is 421 g/mol. The van der Waals surface area contributed by atoms with Crippen LogP contribution in [0.1, 0.15) is 10.4 Å². The van der Waals surface area contributed by atoms with Crippen molar-refractivity contribution in [1.29, 1.82) is 0 Å². The number of carbonyl (C=O) groups excluding carboxylic acids is 1. The summed E-state index contributed by atoms with van der Waals surface area (Å²) < 4.78 is 28.6. The third kappa shape index (κ3) is 3.88. The largest absolute Gasteiger partial charge is 0.384 e. The van der Waals surface area contributed by atoms with Crippen LogP contribution >= 0.6 is 0 Å². The van der Waals surface area contributed by atoms with Crippen LogP contribution in [0.4, 0.5) is 5.82 Å². The fraction of sp³-hybridized carbons (Fsp3) is 0.389. The molecule has 29 heavy (non-hydrogen) atoms. The van der Waals surface area contributed by atoms with Gasteiger partial charge in [0, 0.05) is 40.3 Å². The summed E-state index contributed by atoms with van der Waals surface area (Å²) >= 11 is 0. The van der Waals surface area contributed by atoms with Crippen LogP contribution in [0, 0.1) is 0 Å². The monoisotopic (exact) mass is 421 g/mol. The molecular formula is C18H23N5O5S. The molecular weight excluding hydrogens is 398 g/mol. The minimum absolute atomic E-state index is 0.0864. The van der Waals surface area contributed by atoms with Gasteiger partial charge in [0.2, 0.25) is 10.0 Å². The van der Waals surface area contributed by atoms with Gasteiger partial charge in [-0.15, -0.1) is 0 Å². The molecule has 2 aromatic rings. The molecule has 11 heteroatoms. The first kappa shape index (κ1) is 21.0. The number of Topliss-reactive ketones (excluding diaryl/α,β-unsaturated/α-hetero) is 1. The number of rotatable bonds is 5. The van der Waals surface area contributed by atoms with E-state index in [0.29, 0.717) is 13.1 Å². The van der Waals surface area contributed by atoms with E-state index >= 15 is 0 Å². The van der Waals surface area contributed by atoms with Crippen molar-refractivity contribution in [1.82, 2.24) is 18.3 Å². The van der Waals surface area contributed by atoms with Gasteiger partial charge in [-0.2, -0.15) is 4.31 Å². The topological polar surface area (TPSA) is 128 Å². The minimum Gasteiger partial charge on any atom is -0.384 e. The summed E-state index contributed by atoms with van der Waals surface area (Å²) in [4.78, 5) is 38.9. The lowest BCUT2D eigenvalue weighted by molar-refractivity contribution is 0.0899. The zero-order chi connectivity index (χ0) is 21.3. The molecule has 0 saturated carbocycles. The molecule has 2 N–H and O–H groups in total. The van der Waals surface area contributed by atoms with Gasteiger partial charge < -0.3 is 5.73 Å². The fourth-order valence-corrected chi connectivity index (χ4v) is 4.72. The number of nitrogens with zero attached hydrogens (tertiary/aromatic N) is 4. The van der Waals surface area contributed by atoms with E-state index in [1.165, 1.54) is 18.4 Å².